The average molecular weight is 289 g/mol. The molecule has 1 aromatic carbocycles. The fourth-order valence-corrected chi connectivity index (χ4v) is 1.93. The molecule has 1 aromatic rings. The molecule has 0 atom stereocenters. The normalized spacial score (nSPS) is 10.8. The summed E-state index contributed by atoms with van der Waals surface area (Å²) in [5.74, 6) is 1.39. The maximum atomic E-state index is 8.79. The van der Waals surface area contributed by atoms with Gasteiger partial charge in [0.05, 0.1) is 30.9 Å². The predicted octanol–water partition coefficient (Wildman–Crippen LogP) is 1.58. The first-order valence-electron chi connectivity index (χ1n) is 6.62. The minimum absolute atomic E-state index is 0.0714. The Hall–Kier alpha value is -0.970. The van der Waals surface area contributed by atoms with Crippen molar-refractivity contribution in [3.8, 4) is 11.5 Å². The maximum absolute atomic E-state index is 8.79. The van der Waals surface area contributed by atoms with E-state index in [9.17, 15) is 0 Å². The second kappa shape index (κ2) is 8.25. The van der Waals surface area contributed by atoms with Crippen molar-refractivity contribution in [3.63, 3.8) is 0 Å². The van der Waals surface area contributed by atoms with E-state index in [1.165, 1.54) is 0 Å². The number of rotatable bonds is 8. The Morgan fingerprint density at radius 2 is 2.05 bits per heavy atom. The minimum Gasteiger partial charge on any atom is -0.490 e. The summed E-state index contributed by atoms with van der Waals surface area (Å²) in [4.78, 5) is 0. The van der Waals surface area contributed by atoms with E-state index < -0.39 is 0 Å². The first-order valence-corrected chi connectivity index (χ1v) is 7.00. The molecule has 0 saturated carbocycles. The predicted molar refractivity (Wildman–Crippen MR) is 76.0 cm³/mol. The van der Waals surface area contributed by atoms with E-state index in [0.717, 1.165) is 5.56 Å². The smallest absolute Gasteiger partial charge is 0.163 e. The quantitative estimate of drug-likeness (QED) is 0.714. The lowest BCUT2D eigenvalue weighted by Gasteiger charge is -2.16. The molecule has 3 N–H and O–H groups in total. The van der Waals surface area contributed by atoms with E-state index in [-0.39, 0.29) is 12.7 Å². The van der Waals surface area contributed by atoms with Gasteiger partial charge in [0.2, 0.25) is 0 Å². The van der Waals surface area contributed by atoms with E-state index in [2.05, 4.69) is 0 Å². The SMILES string of the molecule is CCOc1cc(C[NH2+]CCO)c(Cl)cc1OC(C)C. The van der Waals surface area contributed by atoms with Crippen LogP contribution in [-0.2, 0) is 6.54 Å². The van der Waals surface area contributed by atoms with Crippen LogP contribution >= 0.6 is 11.6 Å². The molecule has 4 nitrogen and oxygen atoms in total. The lowest BCUT2D eigenvalue weighted by Crippen LogP contribution is -2.83. The molecule has 0 bridgehead atoms. The summed E-state index contributed by atoms with van der Waals surface area (Å²) in [5.41, 5.74) is 0.981. The summed E-state index contributed by atoms with van der Waals surface area (Å²) < 4.78 is 11.3. The van der Waals surface area contributed by atoms with Crippen molar-refractivity contribution in [2.45, 2.75) is 33.4 Å². The highest BCUT2D eigenvalue weighted by Gasteiger charge is 2.13. The van der Waals surface area contributed by atoms with Crippen LogP contribution in [0.5, 0.6) is 11.5 Å². The standard InChI is InChI=1S/C14H22ClNO3/c1-4-18-13-7-11(9-16-5-6-17)12(15)8-14(13)19-10(2)3/h7-8,10,16-17H,4-6,9H2,1-3H3/p+1. The average Bonchev–Trinajstić information content (AvgIpc) is 2.34. The number of ether oxygens (including phenoxy) is 2. The molecule has 5 heteroatoms. The number of hydrogen-bond acceptors (Lipinski definition) is 3. The zero-order valence-electron chi connectivity index (χ0n) is 11.8. The van der Waals surface area contributed by atoms with Gasteiger partial charge in [0.1, 0.15) is 6.54 Å². The molecule has 0 radical (unpaired) electrons. The van der Waals surface area contributed by atoms with Crippen LogP contribution in [-0.4, -0.2) is 31.0 Å². The van der Waals surface area contributed by atoms with Gasteiger partial charge >= 0.3 is 0 Å². The zero-order valence-corrected chi connectivity index (χ0v) is 12.5. The number of benzene rings is 1. The number of hydrogen-bond donors (Lipinski definition) is 2. The van der Waals surface area contributed by atoms with Crippen molar-refractivity contribution in [2.75, 3.05) is 19.8 Å². The molecule has 108 valence electrons. The van der Waals surface area contributed by atoms with E-state index in [4.69, 9.17) is 26.2 Å². The van der Waals surface area contributed by atoms with E-state index in [1.807, 2.05) is 32.2 Å². The first-order chi connectivity index (χ1) is 9.08. The molecule has 0 aromatic heterocycles. The number of aliphatic hydroxyl groups excluding tert-OH is 1. The van der Waals surface area contributed by atoms with Gasteiger partial charge in [-0.3, -0.25) is 0 Å². The Balaban J connectivity index is 2.91. The number of halogens is 1. The highest BCUT2D eigenvalue weighted by molar-refractivity contribution is 6.31. The van der Waals surface area contributed by atoms with Crippen LogP contribution in [0.25, 0.3) is 0 Å². The summed E-state index contributed by atoms with van der Waals surface area (Å²) in [7, 11) is 0. The molecule has 0 saturated heterocycles. The molecule has 0 aliphatic carbocycles. The number of aliphatic hydroxyl groups is 1. The van der Waals surface area contributed by atoms with Crippen LogP contribution in [0.1, 0.15) is 26.3 Å². The molecule has 0 unspecified atom stereocenters. The maximum Gasteiger partial charge on any atom is 0.163 e. The molecular weight excluding hydrogens is 266 g/mol. The van der Waals surface area contributed by atoms with Crippen LogP contribution in [0.4, 0.5) is 0 Å². The summed E-state index contributed by atoms with van der Waals surface area (Å²) in [6, 6.07) is 3.71. The lowest BCUT2D eigenvalue weighted by atomic mass is 10.2. The van der Waals surface area contributed by atoms with Gasteiger partial charge in [-0.25, -0.2) is 0 Å². The molecule has 0 aliphatic heterocycles. The lowest BCUT2D eigenvalue weighted by molar-refractivity contribution is -0.671. The largest absolute Gasteiger partial charge is 0.490 e. The van der Waals surface area contributed by atoms with Gasteiger partial charge in [-0.1, -0.05) is 11.6 Å². The number of quaternary nitrogens is 1. The fourth-order valence-electron chi connectivity index (χ4n) is 1.70. The first kappa shape index (κ1) is 16.1. The third kappa shape index (κ3) is 5.27. The summed E-state index contributed by atoms with van der Waals surface area (Å²) in [5, 5.41) is 11.4. The van der Waals surface area contributed by atoms with Crippen molar-refractivity contribution in [3.05, 3.63) is 22.7 Å². The Labute approximate surface area is 119 Å². The third-order valence-electron chi connectivity index (χ3n) is 2.47. The molecule has 1 rings (SSSR count). The third-order valence-corrected chi connectivity index (χ3v) is 2.82. The summed E-state index contributed by atoms with van der Waals surface area (Å²) in [6.45, 7) is 7.97. The second-order valence-corrected chi connectivity index (χ2v) is 4.90. The monoisotopic (exact) mass is 288 g/mol. The Morgan fingerprint density at radius 1 is 1.32 bits per heavy atom. The molecule has 0 spiro atoms. The highest BCUT2D eigenvalue weighted by Crippen LogP contribution is 2.34. The molecular formula is C14H23ClNO3+. The highest BCUT2D eigenvalue weighted by atomic mass is 35.5. The van der Waals surface area contributed by atoms with Gasteiger partial charge < -0.3 is 19.9 Å². The zero-order chi connectivity index (χ0) is 14.3. The van der Waals surface area contributed by atoms with Crippen LogP contribution in [0, 0.1) is 0 Å². The topological polar surface area (TPSA) is 55.3 Å². The van der Waals surface area contributed by atoms with E-state index >= 15 is 0 Å². The van der Waals surface area contributed by atoms with Crippen LogP contribution < -0.4 is 14.8 Å². The molecule has 0 amide bonds. The minimum atomic E-state index is 0.0714. The Bertz CT molecular complexity index is 397. The van der Waals surface area contributed by atoms with Crippen molar-refractivity contribution in [1.29, 1.82) is 0 Å². The number of nitrogens with two attached hydrogens (primary N) is 1. The molecule has 0 aliphatic rings. The van der Waals surface area contributed by atoms with Gasteiger partial charge in [0, 0.05) is 11.6 Å². The van der Waals surface area contributed by atoms with Gasteiger partial charge in [-0.05, 0) is 26.8 Å². The summed E-state index contributed by atoms with van der Waals surface area (Å²) in [6.07, 6.45) is 0.0714. The van der Waals surface area contributed by atoms with E-state index in [0.29, 0.717) is 36.2 Å². The molecule has 0 fully saturated rings. The van der Waals surface area contributed by atoms with Gasteiger partial charge in [-0.2, -0.15) is 0 Å². The van der Waals surface area contributed by atoms with Crippen molar-refractivity contribution in [2.24, 2.45) is 0 Å². The van der Waals surface area contributed by atoms with Crippen LogP contribution in [0.15, 0.2) is 12.1 Å². The van der Waals surface area contributed by atoms with Gasteiger partial charge in [0.25, 0.3) is 0 Å². The molecule has 0 heterocycles. The van der Waals surface area contributed by atoms with Crippen LogP contribution in [0.3, 0.4) is 0 Å². The van der Waals surface area contributed by atoms with Gasteiger partial charge in [-0.15, -0.1) is 0 Å². The Kier molecular flexibility index (Phi) is 6.99. The van der Waals surface area contributed by atoms with Gasteiger partial charge in [0.15, 0.2) is 11.5 Å². The van der Waals surface area contributed by atoms with Crippen molar-refractivity contribution < 1.29 is 19.9 Å². The Morgan fingerprint density at radius 3 is 2.63 bits per heavy atom. The van der Waals surface area contributed by atoms with Crippen molar-refractivity contribution in [1.82, 2.24) is 0 Å². The second-order valence-electron chi connectivity index (χ2n) is 4.50. The van der Waals surface area contributed by atoms with E-state index in [1.54, 1.807) is 6.07 Å². The fraction of sp³-hybridized carbons (Fsp3) is 0.571. The van der Waals surface area contributed by atoms with Crippen LogP contribution in [0.2, 0.25) is 5.02 Å². The van der Waals surface area contributed by atoms with Crippen molar-refractivity contribution >= 4 is 11.6 Å². The molecule has 19 heavy (non-hydrogen) atoms. The summed E-state index contributed by atoms with van der Waals surface area (Å²) >= 11 is 6.25.